The molecule has 0 radical (unpaired) electrons. The van der Waals surface area contributed by atoms with Crippen molar-refractivity contribution in [3.63, 3.8) is 0 Å². The molecule has 2 rings (SSSR count). The third-order valence-electron chi connectivity index (χ3n) is 2.41. The average Bonchev–Trinajstić information content (AvgIpc) is 3.00. The van der Waals surface area contributed by atoms with E-state index < -0.39 is 0 Å². The lowest BCUT2D eigenvalue weighted by Gasteiger charge is -2.08. The van der Waals surface area contributed by atoms with Gasteiger partial charge >= 0.3 is 0 Å². The van der Waals surface area contributed by atoms with Crippen LogP contribution in [0.25, 0.3) is 0 Å². The summed E-state index contributed by atoms with van der Waals surface area (Å²) in [5.74, 6) is 0.557. The Morgan fingerprint density at radius 2 is 2.44 bits per heavy atom. The summed E-state index contributed by atoms with van der Waals surface area (Å²) in [6.45, 7) is 2.09. The highest BCUT2D eigenvalue weighted by atomic mass is 16.4. The van der Waals surface area contributed by atoms with Gasteiger partial charge in [0.15, 0.2) is 5.76 Å². The Labute approximate surface area is 104 Å². The predicted molar refractivity (Wildman–Crippen MR) is 64.1 cm³/mol. The topological polar surface area (TPSA) is 80.3 Å². The summed E-state index contributed by atoms with van der Waals surface area (Å²) in [6.07, 6.45) is 3.50. The van der Waals surface area contributed by atoms with E-state index in [4.69, 9.17) is 9.52 Å². The molecule has 0 aromatic carbocycles. The molecule has 0 unspecified atom stereocenters. The number of hydrogen-bond donors (Lipinski definition) is 2. The molecule has 96 valence electrons. The van der Waals surface area contributed by atoms with E-state index in [0.717, 1.165) is 0 Å². The van der Waals surface area contributed by atoms with Crippen LogP contribution in [0.3, 0.4) is 0 Å². The molecule has 6 heteroatoms. The number of hydrogen-bond acceptors (Lipinski definition) is 4. The van der Waals surface area contributed by atoms with Crippen LogP contribution in [0.5, 0.6) is 0 Å². The monoisotopic (exact) mass is 249 g/mol. The zero-order valence-electron chi connectivity index (χ0n) is 10.0. The molecule has 18 heavy (non-hydrogen) atoms. The molecule has 0 aliphatic heterocycles. The first-order chi connectivity index (χ1) is 8.69. The van der Waals surface area contributed by atoms with Crippen molar-refractivity contribution >= 4 is 5.91 Å². The largest absolute Gasteiger partial charge is 0.454 e. The molecule has 0 aliphatic rings. The molecule has 0 fully saturated rings. The van der Waals surface area contributed by atoms with Crippen LogP contribution in [-0.2, 0) is 6.54 Å². The highest BCUT2D eigenvalue weighted by Gasteiger charge is 2.13. The van der Waals surface area contributed by atoms with E-state index in [-0.39, 0.29) is 24.3 Å². The smallest absolute Gasteiger partial charge is 0.287 e. The van der Waals surface area contributed by atoms with Crippen LogP contribution >= 0.6 is 0 Å². The van der Waals surface area contributed by atoms with E-state index in [9.17, 15) is 4.79 Å². The van der Waals surface area contributed by atoms with E-state index >= 15 is 0 Å². The molecular weight excluding hydrogens is 234 g/mol. The molecule has 0 saturated heterocycles. The van der Waals surface area contributed by atoms with E-state index in [1.807, 2.05) is 12.3 Å². The van der Waals surface area contributed by atoms with E-state index in [0.29, 0.717) is 12.3 Å². The molecule has 2 heterocycles. The number of aromatic nitrogens is 2. The number of carbonyl (C=O) groups is 1. The molecule has 0 aliphatic carbocycles. The lowest BCUT2D eigenvalue weighted by Crippen LogP contribution is -2.34. The Balaban J connectivity index is 1.99. The summed E-state index contributed by atoms with van der Waals surface area (Å²) >= 11 is 0. The van der Waals surface area contributed by atoms with Crippen molar-refractivity contribution in [3.8, 4) is 0 Å². The van der Waals surface area contributed by atoms with Gasteiger partial charge in [-0.05, 0) is 25.1 Å². The van der Waals surface area contributed by atoms with Gasteiger partial charge in [0.1, 0.15) is 5.76 Å². The van der Waals surface area contributed by atoms with Gasteiger partial charge in [-0.1, -0.05) is 0 Å². The molecule has 2 aromatic rings. The lowest BCUT2D eigenvalue weighted by atomic mass is 10.3. The minimum Gasteiger partial charge on any atom is -0.454 e. The summed E-state index contributed by atoms with van der Waals surface area (Å²) in [6, 6.07) is 4.87. The maximum atomic E-state index is 11.7. The standard InChI is InChI=1S/C12H15N3O3/c1-9(8-16)14-12(17)11-4-3-10(18-11)7-15-6-2-5-13-15/h2-6,9,16H,7-8H2,1H3,(H,14,17)/t9-/m0/s1. The Bertz CT molecular complexity index is 504. The number of carbonyl (C=O) groups excluding carboxylic acids is 1. The minimum absolute atomic E-state index is 0.105. The van der Waals surface area contributed by atoms with Crippen molar-refractivity contribution in [1.82, 2.24) is 15.1 Å². The molecule has 0 bridgehead atoms. The zero-order chi connectivity index (χ0) is 13.0. The van der Waals surface area contributed by atoms with Gasteiger partial charge < -0.3 is 14.8 Å². The number of aliphatic hydroxyl groups excluding tert-OH is 1. The Hall–Kier alpha value is -2.08. The van der Waals surface area contributed by atoms with Crippen molar-refractivity contribution in [2.45, 2.75) is 19.5 Å². The number of nitrogens with one attached hydrogen (secondary N) is 1. The van der Waals surface area contributed by atoms with Gasteiger partial charge in [0.2, 0.25) is 0 Å². The number of furan rings is 1. The van der Waals surface area contributed by atoms with Gasteiger partial charge in [0.25, 0.3) is 5.91 Å². The maximum Gasteiger partial charge on any atom is 0.287 e. The van der Waals surface area contributed by atoms with Crippen molar-refractivity contribution in [2.24, 2.45) is 0 Å². The number of amides is 1. The highest BCUT2D eigenvalue weighted by molar-refractivity contribution is 5.91. The van der Waals surface area contributed by atoms with Crippen molar-refractivity contribution in [1.29, 1.82) is 0 Å². The minimum atomic E-state index is -0.330. The first-order valence-corrected chi connectivity index (χ1v) is 5.67. The normalized spacial score (nSPS) is 12.3. The fourth-order valence-electron chi connectivity index (χ4n) is 1.48. The van der Waals surface area contributed by atoms with Gasteiger partial charge in [-0.3, -0.25) is 9.48 Å². The van der Waals surface area contributed by atoms with E-state index in [1.165, 1.54) is 0 Å². The van der Waals surface area contributed by atoms with Crippen LogP contribution in [0.4, 0.5) is 0 Å². The SMILES string of the molecule is C[C@@H](CO)NC(=O)c1ccc(Cn2cccn2)o1. The molecule has 1 amide bonds. The number of aliphatic hydroxyl groups is 1. The third kappa shape index (κ3) is 2.98. The second kappa shape index (κ2) is 5.50. The summed E-state index contributed by atoms with van der Waals surface area (Å²) < 4.78 is 7.11. The Kier molecular flexibility index (Phi) is 3.78. The van der Waals surface area contributed by atoms with Crippen LogP contribution in [0.1, 0.15) is 23.2 Å². The second-order valence-electron chi connectivity index (χ2n) is 4.03. The number of rotatable bonds is 5. The molecule has 2 N–H and O–H groups in total. The van der Waals surface area contributed by atoms with Crippen LogP contribution in [-0.4, -0.2) is 33.4 Å². The van der Waals surface area contributed by atoms with Gasteiger partial charge in [-0.15, -0.1) is 0 Å². The van der Waals surface area contributed by atoms with E-state index in [2.05, 4.69) is 10.4 Å². The van der Waals surface area contributed by atoms with Crippen LogP contribution < -0.4 is 5.32 Å². The van der Waals surface area contributed by atoms with Crippen molar-refractivity contribution < 1.29 is 14.3 Å². The first kappa shape index (κ1) is 12.4. The fraction of sp³-hybridized carbons (Fsp3) is 0.333. The zero-order valence-corrected chi connectivity index (χ0v) is 10.0. The van der Waals surface area contributed by atoms with Crippen LogP contribution in [0.15, 0.2) is 35.0 Å². The van der Waals surface area contributed by atoms with Crippen LogP contribution in [0.2, 0.25) is 0 Å². The summed E-state index contributed by atoms with van der Waals surface area (Å²) in [5, 5.41) is 15.5. The molecule has 0 saturated carbocycles. The van der Waals surface area contributed by atoms with Crippen molar-refractivity contribution in [3.05, 3.63) is 42.1 Å². The third-order valence-corrected chi connectivity index (χ3v) is 2.41. The van der Waals surface area contributed by atoms with E-state index in [1.54, 1.807) is 29.9 Å². The summed E-state index contributed by atoms with van der Waals surface area (Å²) in [4.78, 5) is 11.7. The molecule has 1 atom stereocenters. The fourth-order valence-corrected chi connectivity index (χ4v) is 1.48. The Morgan fingerprint density at radius 3 is 3.11 bits per heavy atom. The van der Waals surface area contributed by atoms with Gasteiger partial charge in [-0.25, -0.2) is 0 Å². The maximum absolute atomic E-state index is 11.7. The molecular formula is C12H15N3O3. The second-order valence-corrected chi connectivity index (χ2v) is 4.03. The molecule has 0 spiro atoms. The summed E-state index contributed by atoms with van der Waals surface area (Å²) in [5.41, 5.74) is 0. The van der Waals surface area contributed by atoms with Gasteiger partial charge in [0, 0.05) is 18.4 Å². The first-order valence-electron chi connectivity index (χ1n) is 5.67. The number of nitrogens with zero attached hydrogens (tertiary/aromatic N) is 2. The average molecular weight is 249 g/mol. The molecule has 6 nitrogen and oxygen atoms in total. The van der Waals surface area contributed by atoms with Gasteiger partial charge in [-0.2, -0.15) is 5.10 Å². The predicted octanol–water partition coefficient (Wildman–Crippen LogP) is 0.635. The van der Waals surface area contributed by atoms with Crippen LogP contribution in [0, 0.1) is 0 Å². The Morgan fingerprint density at radius 1 is 1.61 bits per heavy atom. The highest BCUT2D eigenvalue weighted by Crippen LogP contribution is 2.09. The quantitative estimate of drug-likeness (QED) is 0.814. The summed E-state index contributed by atoms with van der Waals surface area (Å²) in [7, 11) is 0. The molecule has 2 aromatic heterocycles. The lowest BCUT2D eigenvalue weighted by molar-refractivity contribution is 0.0892. The van der Waals surface area contributed by atoms with Crippen molar-refractivity contribution in [2.75, 3.05) is 6.61 Å². The van der Waals surface area contributed by atoms with Gasteiger partial charge in [0.05, 0.1) is 13.2 Å².